The van der Waals surface area contributed by atoms with Gasteiger partial charge < -0.3 is 9.47 Å². The second kappa shape index (κ2) is 8.31. The van der Waals surface area contributed by atoms with Crippen LogP contribution in [0.1, 0.15) is 29.8 Å². The number of benzene rings is 3. The molecule has 4 aromatic rings. The van der Waals surface area contributed by atoms with Gasteiger partial charge in [0.1, 0.15) is 5.82 Å². The van der Waals surface area contributed by atoms with Gasteiger partial charge in [-0.05, 0) is 68.2 Å². The van der Waals surface area contributed by atoms with Crippen LogP contribution in [-0.4, -0.2) is 23.3 Å². The normalized spacial score (nSPS) is 13.7. The Labute approximate surface area is 182 Å². The first kappa shape index (κ1) is 19.4. The SMILES string of the molecule is COc1cccc(C=Cc2nc3ccccc3n2-c2ccc(C)cc2)c1OCC1CC1. The molecule has 3 aromatic carbocycles. The van der Waals surface area contributed by atoms with Crippen molar-refractivity contribution in [1.82, 2.24) is 9.55 Å². The van der Waals surface area contributed by atoms with Gasteiger partial charge in [-0.15, -0.1) is 0 Å². The summed E-state index contributed by atoms with van der Waals surface area (Å²) in [6.07, 6.45) is 6.62. The smallest absolute Gasteiger partial charge is 0.168 e. The molecule has 0 radical (unpaired) electrons. The highest BCUT2D eigenvalue weighted by Crippen LogP contribution is 2.36. The molecule has 156 valence electrons. The molecule has 0 saturated heterocycles. The first-order valence-corrected chi connectivity index (χ1v) is 10.8. The molecule has 0 N–H and O–H groups in total. The summed E-state index contributed by atoms with van der Waals surface area (Å²) in [6.45, 7) is 2.84. The summed E-state index contributed by atoms with van der Waals surface area (Å²) in [5.74, 6) is 3.11. The summed E-state index contributed by atoms with van der Waals surface area (Å²) in [7, 11) is 1.68. The molecule has 1 aliphatic rings. The lowest BCUT2D eigenvalue weighted by molar-refractivity contribution is 0.280. The number of aryl methyl sites for hydroxylation is 1. The quantitative estimate of drug-likeness (QED) is 0.359. The third kappa shape index (κ3) is 4.06. The summed E-state index contributed by atoms with van der Waals surface area (Å²) in [4.78, 5) is 4.89. The van der Waals surface area contributed by atoms with Gasteiger partial charge in [0.25, 0.3) is 0 Å². The Bertz CT molecular complexity index is 1230. The summed E-state index contributed by atoms with van der Waals surface area (Å²) in [6, 6.07) is 22.7. The number of fused-ring (bicyclic) bond motifs is 1. The van der Waals surface area contributed by atoms with Crippen molar-refractivity contribution in [2.45, 2.75) is 19.8 Å². The van der Waals surface area contributed by atoms with E-state index in [-0.39, 0.29) is 0 Å². The largest absolute Gasteiger partial charge is 0.493 e. The van der Waals surface area contributed by atoms with Gasteiger partial charge in [-0.1, -0.05) is 42.0 Å². The van der Waals surface area contributed by atoms with Gasteiger partial charge in [0, 0.05) is 11.3 Å². The number of rotatable bonds is 7. The Morgan fingerprint density at radius 2 is 1.77 bits per heavy atom. The first-order valence-electron chi connectivity index (χ1n) is 10.8. The van der Waals surface area contributed by atoms with Crippen molar-refractivity contribution >= 4 is 23.2 Å². The Balaban J connectivity index is 1.56. The van der Waals surface area contributed by atoms with E-state index in [2.05, 4.69) is 60.0 Å². The molecule has 1 saturated carbocycles. The highest BCUT2D eigenvalue weighted by atomic mass is 16.5. The Kier molecular flexibility index (Phi) is 5.21. The Morgan fingerprint density at radius 3 is 2.55 bits per heavy atom. The third-order valence-corrected chi connectivity index (χ3v) is 5.68. The maximum Gasteiger partial charge on any atom is 0.168 e. The molecule has 4 heteroatoms. The molecular formula is C27H26N2O2. The van der Waals surface area contributed by atoms with E-state index in [1.54, 1.807) is 7.11 Å². The van der Waals surface area contributed by atoms with Crippen molar-refractivity contribution in [2.75, 3.05) is 13.7 Å². The van der Waals surface area contributed by atoms with E-state index in [0.29, 0.717) is 5.92 Å². The minimum atomic E-state index is 0.674. The lowest BCUT2D eigenvalue weighted by Crippen LogP contribution is -2.02. The number of methoxy groups -OCH3 is 1. The fourth-order valence-electron chi connectivity index (χ4n) is 3.75. The van der Waals surface area contributed by atoms with Crippen LogP contribution >= 0.6 is 0 Å². The molecule has 0 bridgehead atoms. The molecule has 4 nitrogen and oxygen atoms in total. The molecule has 1 fully saturated rings. The molecule has 0 spiro atoms. The van der Waals surface area contributed by atoms with Crippen molar-refractivity contribution in [1.29, 1.82) is 0 Å². The maximum absolute atomic E-state index is 6.16. The van der Waals surface area contributed by atoms with E-state index in [4.69, 9.17) is 14.5 Å². The fourth-order valence-corrected chi connectivity index (χ4v) is 3.75. The number of hydrogen-bond donors (Lipinski definition) is 0. The van der Waals surface area contributed by atoms with Crippen molar-refractivity contribution in [2.24, 2.45) is 5.92 Å². The van der Waals surface area contributed by atoms with Gasteiger partial charge in [0.15, 0.2) is 11.5 Å². The van der Waals surface area contributed by atoms with E-state index in [1.165, 1.54) is 18.4 Å². The molecule has 31 heavy (non-hydrogen) atoms. The topological polar surface area (TPSA) is 36.3 Å². The van der Waals surface area contributed by atoms with Gasteiger partial charge in [0.2, 0.25) is 0 Å². The zero-order valence-electron chi connectivity index (χ0n) is 17.9. The van der Waals surface area contributed by atoms with Crippen LogP contribution in [-0.2, 0) is 0 Å². The second-order valence-corrected chi connectivity index (χ2v) is 8.10. The van der Waals surface area contributed by atoms with E-state index < -0.39 is 0 Å². The first-order chi connectivity index (χ1) is 15.2. The molecular weight excluding hydrogens is 384 g/mol. The van der Waals surface area contributed by atoms with Crippen LogP contribution in [0.3, 0.4) is 0 Å². The highest BCUT2D eigenvalue weighted by Gasteiger charge is 2.23. The van der Waals surface area contributed by atoms with E-state index in [1.807, 2.05) is 30.3 Å². The standard InChI is InChI=1S/C27H26N2O2/c1-19-10-15-22(16-11-19)29-24-8-4-3-7-23(24)28-26(29)17-14-21-6-5-9-25(30-2)27(21)31-18-20-12-13-20/h3-11,14-17,20H,12-13,18H2,1-2H3. The maximum atomic E-state index is 6.16. The molecule has 1 heterocycles. The van der Waals surface area contributed by atoms with Gasteiger partial charge in [0.05, 0.1) is 24.8 Å². The summed E-state index contributed by atoms with van der Waals surface area (Å²) in [5, 5.41) is 0. The van der Waals surface area contributed by atoms with Crippen LogP contribution in [0.4, 0.5) is 0 Å². The van der Waals surface area contributed by atoms with Crippen LogP contribution in [0.2, 0.25) is 0 Å². The second-order valence-electron chi connectivity index (χ2n) is 8.10. The average Bonchev–Trinajstić information content (AvgIpc) is 3.56. The summed E-state index contributed by atoms with van der Waals surface area (Å²) in [5.41, 5.74) is 5.37. The highest BCUT2D eigenvalue weighted by molar-refractivity contribution is 5.83. The van der Waals surface area contributed by atoms with Gasteiger partial charge in [-0.2, -0.15) is 0 Å². The molecule has 1 aliphatic carbocycles. The predicted molar refractivity (Wildman–Crippen MR) is 126 cm³/mol. The molecule has 5 rings (SSSR count). The van der Waals surface area contributed by atoms with E-state index in [9.17, 15) is 0 Å². The molecule has 1 aromatic heterocycles. The monoisotopic (exact) mass is 410 g/mol. The lowest BCUT2D eigenvalue weighted by atomic mass is 10.1. The minimum absolute atomic E-state index is 0.674. The lowest BCUT2D eigenvalue weighted by Gasteiger charge is -2.13. The number of imidazole rings is 1. The number of ether oxygens (including phenoxy) is 2. The summed E-state index contributed by atoms with van der Waals surface area (Å²) < 4.78 is 13.9. The van der Waals surface area contributed by atoms with Crippen LogP contribution in [0.15, 0.2) is 66.7 Å². The number of hydrogen-bond acceptors (Lipinski definition) is 3. The minimum Gasteiger partial charge on any atom is -0.493 e. The van der Waals surface area contributed by atoms with Gasteiger partial charge in [-0.25, -0.2) is 4.98 Å². The molecule has 0 aliphatic heterocycles. The fraction of sp³-hybridized carbons (Fsp3) is 0.222. The molecule has 0 unspecified atom stereocenters. The predicted octanol–water partition coefficient (Wildman–Crippen LogP) is 6.30. The number of aromatic nitrogens is 2. The zero-order chi connectivity index (χ0) is 21.2. The van der Waals surface area contributed by atoms with Crippen molar-refractivity contribution < 1.29 is 9.47 Å². The Hall–Kier alpha value is -3.53. The summed E-state index contributed by atoms with van der Waals surface area (Å²) >= 11 is 0. The zero-order valence-corrected chi connectivity index (χ0v) is 17.9. The van der Waals surface area contributed by atoms with Crippen molar-refractivity contribution in [3.05, 3.63) is 83.7 Å². The number of para-hydroxylation sites is 3. The van der Waals surface area contributed by atoms with Crippen molar-refractivity contribution in [3.8, 4) is 17.2 Å². The number of nitrogens with zero attached hydrogens (tertiary/aromatic N) is 2. The molecule has 0 amide bonds. The third-order valence-electron chi connectivity index (χ3n) is 5.68. The van der Waals surface area contributed by atoms with E-state index >= 15 is 0 Å². The van der Waals surface area contributed by atoms with Gasteiger partial charge in [-0.3, -0.25) is 4.57 Å². The van der Waals surface area contributed by atoms with Crippen LogP contribution in [0, 0.1) is 12.8 Å². The Morgan fingerprint density at radius 1 is 0.968 bits per heavy atom. The van der Waals surface area contributed by atoms with Crippen LogP contribution < -0.4 is 9.47 Å². The molecule has 0 atom stereocenters. The van der Waals surface area contributed by atoms with Crippen LogP contribution in [0.5, 0.6) is 11.5 Å². The average molecular weight is 411 g/mol. The van der Waals surface area contributed by atoms with E-state index in [0.717, 1.165) is 46.2 Å². The van der Waals surface area contributed by atoms with Crippen molar-refractivity contribution in [3.63, 3.8) is 0 Å². The van der Waals surface area contributed by atoms with Gasteiger partial charge >= 0.3 is 0 Å². The van der Waals surface area contributed by atoms with Crippen LogP contribution in [0.25, 0.3) is 28.9 Å².